The number of carbonyl (C=O) groups excluding carboxylic acids is 2. The van der Waals surface area contributed by atoms with Gasteiger partial charge in [0.05, 0.1) is 11.4 Å². The van der Waals surface area contributed by atoms with Crippen molar-refractivity contribution in [2.24, 2.45) is 0 Å². The fourth-order valence-electron chi connectivity index (χ4n) is 3.44. The number of nitrogens with zero attached hydrogens (tertiary/aromatic N) is 6. The molecular formula is C24H23N7O4. The molecule has 0 radical (unpaired) electrons. The first-order valence-corrected chi connectivity index (χ1v) is 10.7. The Morgan fingerprint density at radius 1 is 0.886 bits per heavy atom. The molecule has 1 N–H and O–H groups in total. The van der Waals surface area contributed by atoms with Crippen LogP contribution in [0, 0.1) is 27.7 Å². The van der Waals surface area contributed by atoms with E-state index >= 15 is 0 Å². The number of anilines is 1. The highest BCUT2D eigenvalue weighted by Crippen LogP contribution is 2.15. The standard InChI is InChI=1S/C24H23N7O4/c1-14-10-15(2)26-24(25-14)31-20(11-16(3)28-31)27-21(33)13-35-23(34)22-19(32)12-17(4)30(29-22)18-8-6-5-7-9-18/h5-12H,13H2,1-4H3,(H,27,33). The molecule has 0 aliphatic rings. The lowest BCUT2D eigenvalue weighted by Gasteiger charge is -2.11. The van der Waals surface area contributed by atoms with Gasteiger partial charge in [-0.05, 0) is 45.9 Å². The summed E-state index contributed by atoms with van der Waals surface area (Å²) in [5, 5.41) is 11.1. The highest BCUT2D eigenvalue weighted by Gasteiger charge is 2.19. The third kappa shape index (κ3) is 5.29. The van der Waals surface area contributed by atoms with Gasteiger partial charge in [-0.1, -0.05) is 18.2 Å². The van der Waals surface area contributed by atoms with Crippen LogP contribution in [0.2, 0.25) is 0 Å². The Balaban J connectivity index is 1.49. The second-order valence-electron chi connectivity index (χ2n) is 7.90. The predicted octanol–water partition coefficient (Wildman–Crippen LogP) is 2.24. The number of carbonyl (C=O) groups is 2. The molecule has 0 fully saturated rings. The van der Waals surface area contributed by atoms with Crippen LogP contribution in [-0.4, -0.2) is 48.0 Å². The van der Waals surface area contributed by atoms with Gasteiger partial charge in [-0.2, -0.15) is 14.9 Å². The van der Waals surface area contributed by atoms with Crippen LogP contribution in [0.15, 0.2) is 53.3 Å². The van der Waals surface area contributed by atoms with E-state index in [0.29, 0.717) is 28.8 Å². The predicted molar refractivity (Wildman–Crippen MR) is 127 cm³/mol. The Morgan fingerprint density at radius 3 is 2.26 bits per heavy atom. The molecule has 3 heterocycles. The van der Waals surface area contributed by atoms with Gasteiger partial charge in [0.2, 0.25) is 11.1 Å². The molecule has 0 aliphatic heterocycles. The van der Waals surface area contributed by atoms with E-state index in [1.807, 2.05) is 38.1 Å². The minimum absolute atomic E-state index is 0.299. The number of ether oxygens (including phenoxy) is 1. The number of benzene rings is 1. The van der Waals surface area contributed by atoms with Crippen LogP contribution in [0.5, 0.6) is 0 Å². The van der Waals surface area contributed by atoms with E-state index in [2.05, 4.69) is 25.5 Å². The first kappa shape index (κ1) is 23.5. The van der Waals surface area contributed by atoms with Gasteiger partial charge in [-0.25, -0.2) is 19.4 Å². The largest absolute Gasteiger partial charge is 0.451 e. The summed E-state index contributed by atoms with van der Waals surface area (Å²) in [7, 11) is 0. The van der Waals surface area contributed by atoms with Crippen LogP contribution in [0.4, 0.5) is 5.82 Å². The van der Waals surface area contributed by atoms with Crippen LogP contribution >= 0.6 is 0 Å². The smallest absolute Gasteiger partial charge is 0.363 e. The summed E-state index contributed by atoms with van der Waals surface area (Å²) in [6, 6.07) is 13.8. The molecule has 0 atom stereocenters. The molecule has 0 spiro atoms. The molecular weight excluding hydrogens is 450 g/mol. The zero-order valence-electron chi connectivity index (χ0n) is 19.6. The maximum atomic E-state index is 12.6. The summed E-state index contributed by atoms with van der Waals surface area (Å²) in [6.45, 7) is 6.50. The van der Waals surface area contributed by atoms with Gasteiger partial charge in [-0.15, -0.1) is 0 Å². The SMILES string of the molecule is Cc1cc(C)nc(-n2nc(C)cc2NC(=O)COC(=O)c2nn(-c3ccccc3)c(C)cc2=O)n1. The van der Waals surface area contributed by atoms with Crippen molar-refractivity contribution in [3.8, 4) is 11.6 Å². The molecule has 0 saturated heterocycles. The van der Waals surface area contributed by atoms with Crippen molar-refractivity contribution in [2.45, 2.75) is 27.7 Å². The Kier molecular flexibility index (Phi) is 6.49. The Morgan fingerprint density at radius 2 is 1.57 bits per heavy atom. The van der Waals surface area contributed by atoms with Crippen LogP contribution < -0.4 is 10.7 Å². The average molecular weight is 473 g/mol. The van der Waals surface area contributed by atoms with Gasteiger partial charge in [0.1, 0.15) is 5.82 Å². The molecule has 1 aromatic carbocycles. The average Bonchev–Trinajstić information content (AvgIpc) is 3.17. The summed E-state index contributed by atoms with van der Waals surface area (Å²) in [6.07, 6.45) is 0. The second kappa shape index (κ2) is 9.67. The monoisotopic (exact) mass is 473 g/mol. The number of nitrogens with one attached hydrogen (secondary N) is 1. The van der Waals surface area contributed by atoms with Crippen molar-refractivity contribution in [1.82, 2.24) is 29.5 Å². The summed E-state index contributed by atoms with van der Waals surface area (Å²) in [4.78, 5) is 46.2. The highest BCUT2D eigenvalue weighted by atomic mass is 16.5. The number of hydrogen-bond acceptors (Lipinski definition) is 8. The zero-order valence-corrected chi connectivity index (χ0v) is 19.6. The number of amides is 1. The number of rotatable bonds is 6. The summed E-state index contributed by atoms with van der Waals surface area (Å²) >= 11 is 0. The van der Waals surface area contributed by atoms with Gasteiger partial charge < -0.3 is 10.1 Å². The summed E-state index contributed by atoms with van der Waals surface area (Å²) < 4.78 is 7.94. The normalized spacial score (nSPS) is 10.7. The Bertz CT molecular complexity index is 1450. The van der Waals surface area contributed by atoms with Crippen molar-refractivity contribution >= 4 is 17.7 Å². The lowest BCUT2D eigenvalue weighted by atomic mass is 10.3. The lowest BCUT2D eigenvalue weighted by molar-refractivity contribution is -0.119. The summed E-state index contributed by atoms with van der Waals surface area (Å²) in [5.74, 6) is -1.02. The molecule has 3 aromatic heterocycles. The molecule has 35 heavy (non-hydrogen) atoms. The van der Waals surface area contributed by atoms with E-state index in [-0.39, 0.29) is 0 Å². The molecule has 1 amide bonds. The van der Waals surface area contributed by atoms with Crippen LogP contribution in [0.25, 0.3) is 11.6 Å². The van der Waals surface area contributed by atoms with Crippen molar-refractivity contribution in [1.29, 1.82) is 0 Å². The molecule has 0 bridgehead atoms. The van der Waals surface area contributed by atoms with Gasteiger partial charge in [0.15, 0.2) is 6.61 Å². The minimum Gasteiger partial charge on any atom is -0.451 e. The number of para-hydroxylation sites is 1. The van der Waals surface area contributed by atoms with Crippen molar-refractivity contribution in [3.63, 3.8) is 0 Å². The third-order valence-electron chi connectivity index (χ3n) is 4.89. The third-order valence-corrected chi connectivity index (χ3v) is 4.89. The van der Waals surface area contributed by atoms with Crippen LogP contribution in [0.3, 0.4) is 0 Å². The first-order chi connectivity index (χ1) is 16.7. The molecule has 0 saturated carbocycles. The maximum Gasteiger partial charge on any atom is 0.363 e. The van der Waals surface area contributed by atoms with Gasteiger partial charge in [0, 0.05) is 29.2 Å². The fraction of sp³-hybridized carbons (Fsp3) is 0.208. The molecule has 11 nitrogen and oxygen atoms in total. The maximum absolute atomic E-state index is 12.6. The first-order valence-electron chi connectivity index (χ1n) is 10.7. The topological polar surface area (TPSA) is 134 Å². The molecule has 11 heteroatoms. The van der Waals surface area contributed by atoms with E-state index in [4.69, 9.17) is 4.74 Å². The highest BCUT2D eigenvalue weighted by molar-refractivity contribution is 5.94. The van der Waals surface area contributed by atoms with E-state index in [0.717, 1.165) is 11.4 Å². The fourth-order valence-corrected chi connectivity index (χ4v) is 3.44. The Labute approximate surface area is 200 Å². The van der Waals surface area contributed by atoms with E-state index in [1.165, 1.54) is 15.4 Å². The van der Waals surface area contributed by atoms with Crippen molar-refractivity contribution in [2.75, 3.05) is 11.9 Å². The lowest BCUT2D eigenvalue weighted by Crippen LogP contribution is -2.27. The molecule has 4 rings (SSSR count). The number of aromatic nitrogens is 6. The van der Waals surface area contributed by atoms with Gasteiger partial charge in [0.25, 0.3) is 11.9 Å². The van der Waals surface area contributed by atoms with Gasteiger partial charge in [-0.3, -0.25) is 9.59 Å². The van der Waals surface area contributed by atoms with Gasteiger partial charge >= 0.3 is 5.97 Å². The van der Waals surface area contributed by atoms with E-state index in [1.54, 1.807) is 32.0 Å². The zero-order chi connectivity index (χ0) is 25.1. The van der Waals surface area contributed by atoms with E-state index in [9.17, 15) is 14.4 Å². The number of aryl methyl sites for hydroxylation is 4. The molecule has 0 unspecified atom stereocenters. The van der Waals surface area contributed by atoms with Crippen LogP contribution in [0.1, 0.15) is 33.3 Å². The number of hydrogen-bond donors (Lipinski definition) is 1. The Hall–Kier alpha value is -4.67. The molecule has 0 aliphatic carbocycles. The quantitative estimate of drug-likeness (QED) is 0.422. The number of esters is 1. The second-order valence-corrected chi connectivity index (χ2v) is 7.90. The van der Waals surface area contributed by atoms with E-state index < -0.39 is 29.6 Å². The van der Waals surface area contributed by atoms with Crippen molar-refractivity contribution in [3.05, 3.63) is 87.2 Å². The van der Waals surface area contributed by atoms with Crippen molar-refractivity contribution < 1.29 is 14.3 Å². The molecule has 4 aromatic rings. The molecule has 178 valence electrons. The minimum atomic E-state index is -1.00. The summed E-state index contributed by atoms with van der Waals surface area (Å²) in [5.41, 5.74) is 2.34. The van der Waals surface area contributed by atoms with Crippen LogP contribution in [-0.2, 0) is 9.53 Å².